The van der Waals surface area contributed by atoms with E-state index in [1.54, 1.807) is 0 Å². The van der Waals surface area contributed by atoms with Crippen LogP contribution in [0.4, 0.5) is 14.5 Å². The normalized spacial score (nSPS) is 9.85. The van der Waals surface area contributed by atoms with Crippen molar-refractivity contribution in [3.63, 3.8) is 0 Å². The number of carbonyl (C=O) groups is 1. The highest BCUT2D eigenvalue weighted by molar-refractivity contribution is 5.90. The lowest BCUT2D eigenvalue weighted by Crippen LogP contribution is -2.23. The maximum Gasteiger partial charge on any atom is 0.223 e. The van der Waals surface area contributed by atoms with E-state index < -0.39 is 11.6 Å². The first kappa shape index (κ1) is 9.64. The number of anilines is 1. The van der Waals surface area contributed by atoms with Crippen LogP contribution < -0.4 is 4.90 Å². The van der Waals surface area contributed by atoms with Crippen LogP contribution in [0.25, 0.3) is 0 Å². The molecule has 0 aromatic heterocycles. The highest BCUT2D eigenvalue weighted by Gasteiger charge is 2.11. The van der Waals surface area contributed by atoms with Gasteiger partial charge in [0.05, 0.1) is 11.8 Å². The van der Waals surface area contributed by atoms with E-state index in [1.165, 1.54) is 20.0 Å². The van der Waals surface area contributed by atoms with Gasteiger partial charge >= 0.3 is 0 Å². The van der Waals surface area contributed by atoms with Gasteiger partial charge in [0.25, 0.3) is 0 Å². The molecule has 0 saturated carbocycles. The number of rotatable bonds is 1. The van der Waals surface area contributed by atoms with Crippen molar-refractivity contribution < 1.29 is 13.6 Å². The van der Waals surface area contributed by atoms with Crippen LogP contribution >= 0.6 is 0 Å². The van der Waals surface area contributed by atoms with Crippen molar-refractivity contribution in [1.82, 2.24) is 0 Å². The van der Waals surface area contributed by atoms with Crippen LogP contribution in [0, 0.1) is 17.7 Å². The third-order valence-electron chi connectivity index (χ3n) is 1.68. The number of hydrogen-bond acceptors (Lipinski definition) is 1. The molecule has 1 amide bonds. The van der Waals surface area contributed by atoms with Crippen molar-refractivity contribution in [2.45, 2.75) is 6.92 Å². The second kappa shape index (κ2) is 3.51. The van der Waals surface area contributed by atoms with E-state index in [0.29, 0.717) is 0 Å². The smallest absolute Gasteiger partial charge is 0.223 e. The van der Waals surface area contributed by atoms with E-state index in [9.17, 15) is 13.6 Å². The molecule has 0 unspecified atom stereocenters. The molecule has 69 valence electrons. The van der Waals surface area contributed by atoms with Crippen molar-refractivity contribution in [2.24, 2.45) is 0 Å². The van der Waals surface area contributed by atoms with E-state index >= 15 is 0 Å². The highest BCUT2D eigenvalue weighted by Crippen LogP contribution is 2.17. The van der Waals surface area contributed by atoms with Crippen molar-refractivity contribution in [3.05, 3.63) is 29.8 Å². The topological polar surface area (TPSA) is 20.3 Å². The van der Waals surface area contributed by atoms with Crippen molar-refractivity contribution in [1.29, 1.82) is 0 Å². The molecular formula is C9H8F2NO. The molecule has 0 bridgehead atoms. The van der Waals surface area contributed by atoms with Gasteiger partial charge in [0.2, 0.25) is 5.91 Å². The zero-order valence-electron chi connectivity index (χ0n) is 7.27. The van der Waals surface area contributed by atoms with Crippen LogP contribution in [0.15, 0.2) is 12.1 Å². The van der Waals surface area contributed by atoms with Crippen molar-refractivity contribution in [2.75, 3.05) is 11.9 Å². The molecule has 1 radical (unpaired) electrons. The SMILES string of the molecule is CC(=O)N(C)c1ccc(F)[c]c1F. The lowest BCUT2D eigenvalue weighted by molar-refractivity contribution is -0.116. The number of nitrogens with zero attached hydrogens (tertiary/aromatic N) is 1. The van der Waals surface area contributed by atoms with E-state index in [4.69, 9.17) is 0 Å². The van der Waals surface area contributed by atoms with Gasteiger partial charge < -0.3 is 4.90 Å². The molecule has 0 aliphatic carbocycles. The number of halogens is 2. The number of carbonyl (C=O) groups excluding carboxylic acids is 1. The monoisotopic (exact) mass is 184 g/mol. The first-order valence-electron chi connectivity index (χ1n) is 3.64. The predicted molar refractivity (Wildman–Crippen MR) is 44.3 cm³/mol. The van der Waals surface area contributed by atoms with Crippen molar-refractivity contribution >= 4 is 11.6 Å². The third-order valence-corrected chi connectivity index (χ3v) is 1.68. The molecule has 1 aromatic carbocycles. The molecule has 0 atom stereocenters. The maximum atomic E-state index is 13.0. The molecule has 4 heteroatoms. The zero-order valence-corrected chi connectivity index (χ0v) is 7.27. The van der Waals surface area contributed by atoms with Gasteiger partial charge in [-0.25, -0.2) is 8.78 Å². The maximum absolute atomic E-state index is 13.0. The summed E-state index contributed by atoms with van der Waals surface area (Å²) in [4.78, 5) is 11.9. The van der Waals surface area contributed by atoms with Gasteiger partial charge in [-0.2, -0.15) is 0 Å². The van der Waals surface area contributed by atoms with Crippen LogP contribution in [-0.2, 0) is 4.79 Å². The molecule has 2 nitrogen and oxygen atoms in total. The van der Waals surface area contributed by atoms with Crippen molar-refractivity contribution in [3.8, 4) is 0 Å². The minimum Gasteiger partial charge on any atom is -0.313 e. The van der Waals surface area contributed by atoms with E-state index in [-0.39, 0.29) is 11.6 Å². The molecule has 0 heterocycles. The molecule has 0 N–H and O–H groups in total. The molecule has 1 aromatic rings. The van der Waals surface area contributed by atoms with Crippen LogP contribution in [0.1, 0.15) is 6.92 Å². The molecule has 0 saturated heterocycles. The summed E-state index contributed by atoms with van der Waals surface area (Å²) in [5.74, 6) is -1.96. The largest absolute Gasteiger partial charge is 0.313 e. The first-order valence-corrected chi connectivity index (χ1v) is 3.64. The van der Waals surface area contributed by atoms with Gasteiger partial charge in [0.15, 0.2) is 5.82 Å². The third kappa shape index (κ3) is 2.02. The predicted octanol–water partition coefficient (Wildman–Crippen LogP) is 1.75. The summed E-state index contributed by atoms with van der Waals surface area (Å²) in [6, 6.07) is 4.10. The quantitative estimate of drug-likeness (QED) is 0.651. The molecule has 0 aliphatic rings. The van der Waals surface area contributed by atoms with Gasteiger partial charge in [-0.1, -0.05) is 0 Å². The fourth-order valence-electron chi connectivity index (χ4n) is 0.864. The summed E-state index contributed by atoms with van der Waals surface area (Å²) >= 11 is 0. The lowest BCUT2D eigenvalue weighted by Gasteiger charge is -2.14. The summed E-state index contributed by atoms with van der Waals surface area (Å²) in [5.41, 5.74) is 0.0221. The lowest BCUT2D eigenvalue weighted by atomic mass is 10.2. The van der Waals surface area contributed by atoms with E-state index in [0.717, 1.165) is 11.0 Å². The molecular weight excluding hydrogens is 176 g/mol. The molecule has 13 heavy (non-hydrogen) atoms. The minimum atomic E-state index is -0.863. The summed E-state index contributed by atoms with van der Waals surface area (Å²) in [5, 5.41) is 0. The summed E-state index contributed by atoms with van der Waals surface area (Å²) < 4.78 is 25.4. The first-order chi connectivity index (χ1) is 6.02. The second-order valence-electron chi connectivity index (χ2n) is 2.58. The summed E-state index contributed by atoms with van der Waals surface area (Å²) in [7, 11) is 1.41. The Balaban J connectivity index is 3.08. The molecule has 1 rings (SSSR count). The van der Waals surface area contributed by atoms with E-state index in [1.807, 2.05) is 6.07 Å². The van der Waals surface area contributed by atoms with Gasteiger partial charge in [-0.05, 0) is 12.1 Å². The molecule has 0 spiro atoms. The number of hydrogen-bond donors (Lipinski definition) is 0. The van der Waals surface area contributed by atoms with Gasteiger partial charge in [-0.15, -0.1) is 0 Å². The Labute approximate surface area is 74.8 Å². The van der Waals surface area contributed by atoms with Crippen LogP contribution in [0.5, 0.6) is 0 Å². The molecule has 0 aliphatic heterocycles. The fourth-order valence-corrected chi connectivity index (χ4v) is 0.864. The van der Waals surface area contributed by atoms with Crippen LogP contribution in [0.2, 0.25) is 0 Å². The second-order valence-corrected chi connectivity index (χ2v) is 2.58. The zero-order chi connectivity index (χ0) is 10.0. The molecule has 0 fully saturated rings. The Hall–Kier alpha value is -1.45. The van der Waals surface area contributed by atoms with Crippen LogP contribution in [-0.4, -0.2) is 13.0 Å². The number of benzene rings is 1. The Morgan fingerprint density at radius 1 is 1.46 bits per heavy atom. The van der Waals surface area contributed by atoms with Crippen LogP contribution in [0.3, 0.4) is 0 Å². The standard InChI is InChI=1S/C9H8F2NO/c1-6(13)12(2)9-4-3-7(10)5-8(9)11/h3-4H,1-2H3. The van der Waals surface area contributed by atoms with Gasteiger partial charge in [0.1, 0.15) is 5.82 Å². The Morgan fingerprint density at radius 2 is 2.08 bits per heavy atom. The van der Waals surface area contributed by atoms with Gasteiger partial charge in [-0.3, -0.25) is 4.79 Å². The summed E-state index contributed by atoms with van der Waals surface area (Å²) in [6.45, 7) is 1.29. The van der Waals surface area contributed by atoms with Gasteiger partial charge in [0, 0.05) is 14.0 Å². The Morgan fingerprint density at radius 3 is 2.54 bits per heavy atom. The minimum absolute atomic E-state index is 0.0221. The van der Waals surface area contributed by atoms with E-state index in [2.05, 4.69) is 0 Å². The summed E-state index contributed by atoms with van der Waals surface area (Å²) in [6.07, 6.45) is 0. The Kier molecular flexibility index (Phi) is 2.60. The highest BCUT2D eigenvalue weighted by atomic mass is 19.1. The number of amides is 1. The average molecular weight is 184 g/mol. The Bertz CT molecular complexity index is 338. The fraction of sp³-hybridized carbons (Fsp3) is 0.222. The average Bonchev–Trinajstić information content (AvgIpc) is 2.03.